The fourth-order valence-electron chi connectivity index (χ4n) is 6.58. The van der Waals surface area contributed by atoms with E-state index in [0.29, 0.717) is 28.4 Å². The summed E-state index contributed by atoms with van der Waals surface area (Å²) >= 11 is 6.60. The molecule has 2 heterocycles. The van der Waals surface area contributed by atoms with Crippen LogP contribution in [0.3, 0.4) is 0 Å². The Morgan fingerprint density at radius 3 is 2.12 bits per heavy atom. The van der Waals surface area contributed by atoms with Crippen molar-refractivity contribution in [2.45, 2.75) is 38.7 Å². The molecule has 0 saturated carbocycles. The molecule has 1 aromatic heterocycles. The molecule has 1 aliphatic carbocycles. The Labute approximate surface area is 303 Å². The summed E-state index contributed by atoms with van der Waals surface area (Å²) in [6.45, 7) is 3.11. The Morgan fingerprint density at radius 2 is 1.50 bits per heavy atom. The molecule has 52 heavy (non-hydrogen) atoms. The van der Waals surface area contributed by atoms with Crippen molar-refractivity contribution >= 4 is 52.3 Å². The normalized spacial score (nSPS) is 17.2. The van der Waals surface area contributed by atoms with Gasteiger partial charge in [0, 0.05) is 60.8 Å². The number of halogens is 1. The Balaban J connectivity index is 1.27. The van der Waals surface area contributed by atoms with Crippen LogP contribution in [0.4, 0.5) is 11.4 Å². The first kappa shape index (κ1) is 36.0. The number of benzene rings is 3. The Kier molecular flexibility index (Phi) is 9.99. The Bertz CT molecular complexity index is 2090. The van der Waals surface area contributed by atoms with Gasteiger partial charge in [0.15, 0.2) is 5.75 Å². The molecule has 0 bridgehead atoms. The third-order valence-corrected chi connectivity index (χ3v) is 9.46. The van der Waals surface area contributed by atoms with Crippen LogP contribution in [0, 0.1) is 5.92 Å². The van der Waals surface area contributed by atoms with Crippen LogP contribution in [0.1, 0.15) is 52.3 Å². The minimum atomic E-state index is -2.01. The second-order valence-corrected chi connectivity index (χ2v) is 12.8. The predicted molar refractivity (Wildman–Crippen MR) is 191 cm³/mol. The molecule has 3 N–H and O–H groups in total. The van der Waals surface area contributed by atoms with E-state index < -0.39 is 29.0 Å². The van der Waals surface area contributed by atoms with Gasteiger partial charge in [0.25, 0.3) is 0 Å². The molecule has 0 saturated heterocycles. The standard InChI is InChI=1S/C38H36ClN3O10/c1-19-16-27-31(36(46)38(19)37(47)32-26(49-4)18-28(50-5)33(39)35(32)52-38)25(34(51-27)21-6-12-24(48-3)13-7-21)17-30(45)40-15-14-29(44)42-23-10-8-22(9-11-23)41-20(2)43/h6-13,18-19H,14-17H2,1-5H3,(H,40,45)(H,41,43)(H,42,44)/t19-,38+/m1/s1. The molecule has 1 aliphatic heterocycles. The zero-order valence-electron chi connectivity index (χ0n) is 29.1. The average molecular weight is 730 g/mol. The van der Waals surface area contributed by atoms with Gasteiger partial charge < -0.3 is 39.3 Å². The van der Waals surface area contributed by atoms with Gasteiger partial charge in [0.1, 0.15) is 39.4 Å². The summed E-state index contributed by atoms with van der Waals surface area (Å²) in [5, 5.41) is 8.17. The first-order chi connectivity index (χ1) is 24.9. The zero-order chi connectivity index (χ0) is 37.3. The molecule has 0 radical (unpaired) electrons. The molecular weight excluding hydrogens is 694 g/mol. The lowest BCUT2D eigenvalue weighted by Gasteiger charge is -2.35. The van der Waals surface area contributed by atoms with Crippen molar-refractivity contribution in [2.24, 2.45) is 5.92 Å². The van der Waals surface area contributed by atoms with Gasteiger partial charge in [0.05, 0.1) is 33.3 Å². The van der Waals surface area contributed by atoms with Gasteiger partial charge in [-0.2, -0.15) is 0 Å². The highest BCUT2D eigenvalue weighted by atomic mass is 35.5. The largest absolute Gasteiger partial charge is 0.497 e. The van der Waals surface area contributed by atoms with E-state index in [-0.39, 0.29) is 82.3 Å². The van der Waals surface area contributed by atoms with Crippen molar-refractivity contribution < 1.29 is 47.3 Å². The van der Waals surface area contributed by atoms with Crippen LogP contribution in [0.5, 0.6) is 23.0 Å². The molecule has 2 atom stereocenters. The summed E-state index contributed by atoms with van der Waals surface area (Å²) in [7, 11) is 4.33. The second-order valence-electron chi connectivity index (χ2n) is 12.4. The number of carbonyl (C=O) groups is 5. The number of hydrogen-bond acceptors (Lipinski definition) is 10. The molecular formula is C38H36ClN3O10. The summed E-state index contributed by atoms with van der Waals surface area (Å²) in [6.07, 6.45) is -0.212. The van der Waals surface area contributed by atoms with E-state index in [9.17, 15) is 24.0 Å². The summed E-state index contributed by atoms with van der Waals surface area (Å²) in [4.78, 5) is 66.4. The number of fused-ring (bicyclic) bond motifs is 2. The lowest BCUT2D eigenvalue weighted by atomic mass is 9.70. The van der Waals surface area contributed by atoms with E-state index in [0.717, 1.165) is 0 Å². The van der Waals surface area contributed by atoms with Crippen LogP contribution in [-0.4, -0.2) is 62.8 Å². The number of amides is 3. The van der Waals surface area contributed by atoms with E-state index in [2.05, 4.69) is 16.0 Å². The smallest absolute Gasteiger partial charge is 0.237 e. The van der Waals surface area contributed by atoms with E-state index >= 15 is 0 Å². The maximum Gasteiger partial charge on any atom is 0.237 e. The number of anilines is 2. The van der Waals surface area contributed by atoms with Crippen LogP contribution in [-0.2, 0) is 27.2 Å². The van der Waals surface area contributed by atoms with E-state index in [4.69, 9.17) is 35.0 Å². The van der Waals surface area contributed by atoms with Crippen molar-refractivity contribution in [2.75, 3.05) is 38.5 Å². The first-order valence-corrected chi connectivity index (χ1v) is 16.8. The minimum absolute atomic E-state index is 0.00148. The fraction of sp³-hybridized carbons (Fsp3) is 0.289. The lowest BCUT2D eigenvalue weighted by Crippen LogP contribution is -2.56. The monoisotopic (exact) mass is 729 g/mol. The van der Waals surface area contributed by atoms with Gasteiger partial charge in [-0.25, -0.2) is 0 Å². The molecule has 14 heteroatoms. The molecule has 1 spiro atoms. The number of methoxy groups -OCH3 is 3. The SMILES string of the molecule is COc1ccc(-c2oc3c(c2CC(=O)NCCC(=O)Nc2ccc(NC(C)=O)cc2)C(=O)[C@@]2(Oc4c(Cl)c(OC)cc(OC)c4C2=O)[C@H](C)C3)cc1. The highest BCUT2D eigenvalue weighted by Gasteiger charge is 2.63. The van der Waals surface area contributed by atoms with Gasteiger partial charge in [0.2, 0.25) is 34.9 Å². The Morgan fingerprint density at radius 1 is 0.865 bits per heavy atom. The van der Waals surface area contributed by atoms with E-state index in [1.807, 2.05) is 0 Å². The number of furan rings is 1. The van der Waals surface area contributed by atoms with Crippen LogP contribution < -0.4 is 34.9 Å². The Hall–Kier alpha value is -5.82. The van der Waals surface area contributed by atoms with Crippen molar-refractivity contribution in [3.05, 3.63) is 82.1 Å². The van der Waals surface area contributed by atoms with Crippen LogP contribution in [0.25, 0.3) is 11.3 Å². The molecule has 6 rings (SSSR count). The van der Waals surface area contributed by atoms with Crippen LogP contribution in [0.2, 0.25) is 5.02 Å². The first-order valence-electron chi connectivity index (χ1n) is 16.4. The van der Waals surface area contributed by atoms with E-state index in [1.54, 1.807) is 55.5 Å². The number of rotatable bonds is 11. The highest BCUT2D eigenvalue weighted by Crippen LogP contribution is 2.54. The van der Waals surface area contributed by atoms with Gasteiger partial charge >= 0.3 is 0 Å². The molecule has 4 aromatic rings. The summed E-state index contributed by atoms with van der Waals surface area (Å²) in [5.74, 6) is -1.53. The fourth-order valence-corrected chi connectivity index (χ4v) is 6.84. The number of ether oxygens (including phenoxy) is 4. The zero-order valence-corrected chi connectivity index (χ0v) is 29.8. The maximum atomic E-state index is 14.7. The molecule has 3 aromatic carbocycles. The van der Waals surface area contributed by atoms with Crippen molar-refractivity contribution in [1.82, 2.24) is 5.32 Å². The third-order valence-electron chi connectivity index (χ3n) is 9.10. The average Bonchev–Trinajstić information content (AvgIpc) is 3.64. The summed E-state index contributed by atoms with van der Waals surface area (Å²) in [5.41, 5.74) is 0.0328. The van der Waals surface area contributed by atoms with E-state index in [1.165, 1.54) is 34.3 Å². The number of carbonyl (C=O) groups excluding carboxylic acids is 5. The number of nitrogens with one attached hydrogen (secondary N) is 3. The van der Waals surface area contributed by atoms with Crippen molar-refractivity contribution in [3.8, 4) is 34.3 Å². The maximum absolute atomic E-state index is 14.7. The van der Waals surface area contributed by atoms with Crippen LogP contribution >= 0.6 is 11.6 Å². The molecule has 0 unspecified atom stereocenters. The predicted octanol–water partition coefficient (Wildman–Crippen LogP) is 5.66. The molecule has 0 fully saturated rings. The van der Waals surface area contributed by atoms with Gasteiger partial charge in [-0.15, -0.1) is 0 Å². The van der Waals surface area contributed by atoms with Crippen molar-refractivity contribution in [3.63, 3.8) is 0 Å². The summed E-state index contributed by atoms with van der Waals surface area (Å²) < 4.78 is 28.8. The minimum Gasteiger partial charge on any atom is -0.497 e. The summed E-state index contributed by atoms with van der Waals surface area (Å²) in [6, 6.07) is 15.0. The van der Waals surface area contributed by atoms with Crippen molar-refractivity contribution in [1.29, 1.82) is 0 Å². The topological polar surface area (TPSA) is 171 Å². The van der Waals surface area contributed by atoms with Crippen LogP contribution in [0.15, 0.2) is 59.0 Å². The van der Waals surface area contributed by atoms with Gasteiger partial charge in [-0.1, -0.05) is 18.5 Å². The molecule has 13 nitrogen and oxygen atoms in total. The molecule has 3 amide bonds. The quantitative estimate of drug-likeness (QED) is 0.164. The highest BCUT2D eigenvalue weighted by molar-refractivity contribution is 6.36. The second kappa shape index (κ2) is 14.4. The van der Waals surface area contributed by atoms with Gasteiger partial charge in [-0.3, -0.25) is 24.0 Å². The molecule has 2 aliphatic rings. The number of Topliss-reactive ketones (excluding diaryl/α,β-unsaturated/α-hetero) is 2. The number of ketones is 2. The third kappa shape index (κ3) is 6.43. The van der Waals surface area contributed by atoms with Gasteiger partial charge in [-0.05, 0) is 48.5 Å². The lowest BCUT2D eigenvalue weighted by molar-refractivity contribution is -0.120. The molecule has 270 valence electrons. The number of hydrogen-bond donors (Lipinski definition) is 3.